The molecule has 1 heteroatoms. The second-order valence-corrected chi connectivity index (χ2v) is 13.5. The van der Waals surface area contributed by atoms with Crippen LogP contribution in [0.5, 0.6) is 0 Å². The smallest absolute Gasteiger partial charge is 0.0273 e. The van der Waals surface area contributed by atoms with Crippen molar-refractivity contribution in [2.75, 3.05) is 0 Å². The summed E-state index contributed by atoms with van der Waals surface area (Å²) in [5.74, 6) is 0. The summed E-state index contributed by atoms with van der Waals surface area (Å²) >= 11 is 0. The van der Waals surface area contributed by atoms with E-state index in [-0.39, 0.29) is 10.8 Å². The van der Waals surface area contributed by atoms with Crippen molar-refractivity contribution >= 4 is 0 Å². The molecule has 0 saturated heterocycles. The summed E-state index contributed by atoms with van der Waals surface area (Å²) in [6.07, 6.45) is 4.69. The van der Waals surface area contributed by atoms with Crippen LogP contribution in [-0.2, 0) is 17.3 Å². The lowest BCUT2D eigenvalue weighted by Gasteiger charge is -2.28. The molecule has 0 amide bonds. The highest BCUT2D eigenvalue weighted by atomic mass is 14.6. The molecule has 1 aromatic heterocycles. The molecule has 0 aliphatic heterocycles. The number of aromatic nitrogens is 1. The molecule has 0 N–H and O–H groups in total. The van der Waals surface area contributed by atoms with E-state index >= 15 is 0 Å². The summed E-state index contributed by atoms with van der Waals surface area (Å²) in [5.41, 5.74) is 14.0. The van der Waals surface area contributed by atoms with E-state index in [4.69, 9.17) is 0 Å². The van der Waals surface area contributed by atoms with Gasteiger partial charge in [-0.3, -0.25) is 4.98 Å². The number of benzene rings is 5. The fourth-order valence-corrected chi connectivity index (χ4v) is 6.19. The molecule has 0 unspecified atom stereocenters. The van der Waals surface area contributed by atoms with Gasteiger partial charge in [-0.1, -0.05) is 144 Å². The van der Waals surface area contributed by atoms with Gasteiger partial charge in [-0.05, 0) is 103 Å². The minimum absolute atomic E-state index is 0.0432. The fourth-order valence-electron chi connectivity index (χ4n) is 6.19. The van der Waals surface area contributed by atoms with E-state index in [9.17, 15) is 0 Å². The topological polar surface area (TPSA) is 12.9 Å². The van der Waals surface area contributed by atoms with E-state index in [2.05, 4.69) is 173 Å². The Hall–Kier alpha value is -4.75. The number of hydrogen-bond acceptors (Lipinski definition) is 1. The Labute approximate surface area is 263 Å². The predicted molar refractivity (Wildman–Crippen MR) is 188 cm³/mol. The SMILES string of the molecule is CC(C)(C)c1ccc(-c2ccccc2)cc1-c1ccc(CC(C)(C)c2cc(-c3ccccc3)cc(-c3ccncc3)c2)cc1. The highest BCUT2D eigenvalue weighted by Crippen LogP contribution is 2.38. The van der Waals surface area contributed by atoms with Crippen LogP contribution in [0.3, 0.4) is 0 Å². The Morgan fingerprint density at radius 1 is 0.455 bits per heavy atom. The Bertz CT molecular complexity index is 1790. The van der Waals surface area contributed by atoms with Gasteiger partial charge < -0.3 is 0 Å². The van der Waals surface area contributed by atoms with Gasteiger partial charge in [0.2, 0.25) is 0 Å². The third-order valence-electron chi connectivity index (χ3n) is 8.68. The molecule has 0 bridgehead atoms. The van der Waals surface area contributed by atoms with Crippen LogP contribution in [0.4, 0.5) is 0 Å². The molecule has 0 aliphatic rings. The standard InChI is InChI=1S/C43H41N/c1-42(2,3)41-21-20-36(32-12-8-6-9-13-32)29-40(41)35-18-16-31(17-19-35)30-43(4,5)39-27-37(33-14-10-7-11-15-33)26-38(28-39)34-22-24-44-25-23-34/h6-29H,30H2,1-5H3. The summed E-state index contributed by atoms with van der Waals surface area (Å²) in [5, 5.41) is 0. The average Bonchev–Trinajstić information content (AvgIpc) is 3.05. The van der Waals surface area contributed by atoms with Gasteiger partial charge in [-0.15, -0.1) is 0 Å². The van der Waals surface area contributed by atoms with Gasteiger partial charge in [0.15, 0.2) is 0 Å². The van der Waals surface area contributed by atoms with E-state index in [0.717, 1.165) is 6.42 Å². The van der Waals surface area contributed by atoms with Crippen molar-refractivity contribution in [1.82, 2.24) is 4.98 Å². The van der Waals surface area contributed by atoms with Gasteiger partial charge in [0.25, 0.3) is 0 Å². The first-order valence-electron chi connectivity index (χ1n) is 15.6. The van der Waals surface area contributed by atoms with Crippen LogP contribution in [0.2, 0.25) is 0 Å². The average molecular weight is 572 g/mol. The van der Waals surface area contributed by atoms with Crippen molar-refractivity contribution in [3.63, 3.8) is 0 Å². The molecule has 1 nitrogen and oxygen atoms in total. The Morgan fingerprint density at radius 3 is 1.55 bits per heavy atom. The van der Waals surface area contributed by atoms with Crippen LogP contribution in [0.15, 0.2) is 146 Å². The van der Waals surface area contributed by atoms with Gasteiger partial charge in [0.05, 0.1) is 0 Å². The molecule has 0 spiro atoms. The summed E-state index contributed by atoms with van der Waals surface area (Å²) in [6, 6.07) is 48.8. The van der Waals surface area contributed by atoms with Gasteiger partial charge in [-0.2, -0.15) is 0 Å². The number of nitrogens with zero attached hydrogens (tertiary/aromatic N) is 1. The third kappa shape index (κ3) is 6.43. The molecule has 0 radical (unpaired) electrons. The van der Waals surface area contributed by atoms with Crippen molar-refractivity contribution in [3.05, 3.63) is 163 Å². The second kappa shape index (κ2) is 12.1. The normalized spacial score (nSPS) is 11.8. The highest BCUT2D eigenvalue weighted by molar-refractivity contribution is 5.77. The van der Waals surface area contributed by atoms with Crippen molar-refractivity contribution in [1.29, 1.82) is 0 Å². The Kier molecular flexibility index (Phi) is 8.06. The first kappa shape index (κ1) is 29.3. The van der Waals surface area contributed by atoms with Crippen molar-refractivity contribution in [3.8, 4) is 44.5 Å². The molecule has 0 atom stereocenters. The van der Waals surface area contributed by atoms with E-state index in [0.29, 0.717) is 0 Å². The summed E-state index contributed by atoms with van der Waals surface area (Å²) in [6.45, 7) is 11.6. The first-order chi connectivity index (χ1) is 21.2. The van der Waals surface area contributed by atoms with Crippen LogP contribution >= 0.6 is 0 Å². The van der Waals surface area contributed by atoms with E-state index < -0.39 is 0 Å². The quantitative estimate of drug-likeness (QED) is 0.186. The van der Waals surface area contributed by atoms with Crippen LogP contribution in [-0.4, -0.2) is 4.98 Å². The zero-order valence-electron chi connectivity index (χ0n) is 26.5. The van der Waals surface area contributed by atoms with Crippen LogP contribution in [0, 0.1) is 0 Å². The molecule has 218 valence electrons. The molecule has 5 aromatic carbocycles. The van der Waals surface area contributed by atoms with E-state index in [1.807, 2.05) is 12.4 Å². The van der Waals surface area contributed by atoms with Gasteiger partial charge in [0.1, 0.15) is 0 Å². The summed E-state index contributed by atoms with van der Waals surface area (Å²) in [4.78, 5) is 4.25. The molecule has 44 heavy (non-hydrogen) atoms. The highest BCUT2D eigenvalue weighted by Gasteiger charge is 2.24. The molecule has 6 aromatic rings. The van der Waals surface area contributed by atoms with E-state index in [1.165, 1.54) is 61.2 Å². The number of rotatable bonds is 7. The largest absolute Gasteiger partial charge is 0.265 e. The minimum Gasteiger partial charge on any atom is -0.265 e. The maximum absolute atomic E-state index is 4.25. The van der Waals surface area contributed by atoms with Gasteiger partial charge in [0, 0.05) is 12.4 Å². The fraction of sp³-hybridized carbons (Fsp3) is 0.186. The molecule has 0 aliphatic carbocycles. The first-order valence-corrected chi connectivity index (χ1v) is 15.6. The molecular weight excluding hydrogens is 530 g/mol. The van der Waals surface area contributed by atoms with Crippen LogP contribution in [0.25, 0.3) is 44.5 Å². The van der Waals surface area contributed by atoms with Crippen molar-refractivity contribution in [2.45, 2.75) is 51.9 Å². The third-order valence-corrected chi connectivity index (χ3v) is 8.68. The predicted octanol–water partition coefficient (Wildman–Crippen LogP) is 11.6. The van der Waals surface area contributed by atoms with Crippen LogP contribution < -0.4 is 0 Å². The Balaban J connectivity index is 1.34. The molecule has 0 fully saturated rings. The molecule has 1 heterocycles. The monoisotopic (exact) mass is 571 g/mol. The summed E-state index contributed by atoms with van der Waals surface area (Å²) < 4.78 is 0. The lowest BCUT2D eigenvalue weighted by molar-refractivity contribution is 0.523. The number of hydrogen-bond donors (Lipinski definition) is 0. The number of pyridine rings is 1. The lowest BCUT2D eigenvalue weighted by atomic mass is 9.77. The molecule has 6 rings (SSSR count). The second-order valence-electron chi connectivity index (χ2n) is 13.5. The molecular formula is C43H41N. The van der Waals surface area contributed by atoms with Crippen LogP contribution in [0.1, 0.15) is 51.3 Å². The van der Waals surface area contributed by atoms with Gasteiger partial charge in [-0.25, -0.2) is 0 Å². The minimum atomic E-state index is -0.0715. The van der Waals surface area contributed by atoms with Crippen molar-refractivity contribution in [2.24, 2.45) is 0 Å². The maximum Gasteiger partial charge on any atom is 0.0273 e. The zero-order valence-corrected chi connectivity index (χ0v) is 26.5. The lowest BCUT2D eigenvalue weighted by Crippen LogP contribution is -2.20. The summed E-state index contributed by atoms with van der Waals surface area (Å²) in [7, 11) is 0. The Morgan fingerprint density at radius 2 is 0.977 bits per heavy atom. The van der Waals surface area contributed by atoms with Gasteiger partial charge >= 0.3 is 0 Å². The van der Waals surface area contributed by atoms with E-state index in [1.54, 1.807) is 0 Å². The maximum atomic E-state index is 4.25. The zero-order chi connectivity index (χ0) is 30.7. The van der Waals surface area contributed by atoms with Crippen molar-refractivity contribution < 1.29 is 0 Å². The molecule has 0 saturated carbocycles.